The largest absolute Gasteiger partial charge is 0.480 e. The lowest BCUT2D eigenvalue weighted by atomic mass is 10.1. The molecule has 0 bridgehead atoms. The van der Waals surface area contributed by atoms with Crippen LogP contribution < -0.4 is 5.73 Å². The average molecular weight is 392 g/mol. The highest BCUT2D eigenvalue weighted by atomic mass is 127. The number of carbonyl (C=O) groups is 2. The van der Waals surface area contributed by atoms with Crippen LogP contribution in [0, 0.1) is 0 Å². The number of aliphatic carboxylic acids is 1. The van der Waals surface area contributed by atoms with Crippen LogP contribution in [0.5, 0.6) is 0 Å². The predicted octanol–water partition coefficient (Wildman–Crippen LogP) is 2.06. The number of amides is 1. The zero-order valence-corrected chi connectivity index (χ0v) is 12.7. The normalized spacial score (nSPS) is 12.2. The van der Waals surface area contributed by atoms with Crippen molar-refractivity contribution in [3.8, 4) is 0 Å². The van der Waals surface area contributed by atoms with E-state index in [9.17, 15) is 9.59 Å². The molecular weight excluding hydrogens is 379 g/mol. The van der Waals surface area contributed by atoms with E-state index in [1.165, 1.54) is 30.1 Å². The van der Waals surface area contributed by atoms with Crippen molar-refractivity contribution >= 4 is 40.8 Å². The van der Waals surface area contributed by atoms with E-state index >= 15 is 0 Å². The van der Waals surface area contributed by atoms with Crippen molar-refractivity contribution in [3.63, 3.8) is 0 Å². The zero-order valence-electron chi connectivity index (χ0n) is 10.6. The van der Waals surface area contributed by atoms with Gasteiger partial charge in [-0.25, -0.2) is 4.79 Å². The van der Waals surface area contributed by atoms with Crippen molar-refractivity contribution in [3.05, 3.63) is 29.8 Å². The van der Waals surface area contributed by atoms with E-state index in [0.717, 1.165) is 10.6 Å². The number of carbonyl (C=O) groups excluding carboxylic acids is 1. The summed E-state index contributed by atoms with van der Waals surface area (Å²) in [5.74, 6) is -1.05. The molecule has 1 aromatic rings. The molecule has 9 heteroatoms. The summed E-state index contributed by atoms with van der Waals surface area (Å²) in [5, 5.41) is 17.1. The molecule has 0 fully saturated rings. The third-order valence-corrected chi connectivity index (χ3v) is 2.71. The quantitative estimate of drug-likeness (QED) is 0.452. The van der Waals surface area contributed by atoms with E-state index in [4.69, 9.17) is 10.8 Å². The predicted molar refractivity (Wildman–Crippen MR) is 78.5 cm³/mol. The van der Waals surface area contributed by atoms with Gasteiger partial charge in [0.05, 0.1) is 5.69 Å². The lowest BCUT2D eigenvalue weighted by molar-refractivity contribution is -0.138. The number of hydrogen-bond donors (Lipinski definition) is 2. The molecule has 0 radical (unpaired) electrons. The van der Waals surface area contributed by atoms with Gasteiger partial charge in [-0.1, -0.05) is 17.4 Å². The molecule has 0 heterocycles. The number of nitrogens with two attached hydrogens (primary N) is 1. The molecule has 0 aromatic heterocycles. The Morgan fingerprint density at radius 1 is 1.45 bits per heavy atom. The van der Waals surface area contributed by atoms with E-state index in [1.54, 1.807) is 24.3 Å². The highest BCUT2D eigenvalue weighted by Gasteiger charge is 2.11. The number of carboxylic acid groups (broad SMARTS) is 1. The van der Waals surface area contributed by atoms with Gasteiger partial charge in [0.2, 0.25) is 0 Å². The van der Waals surface area contributed by atoms with Crippen molar-refractivity contribution in [2.24, 2.45) is 16.1 Å². The SMILES string of the molecule is CN(N=Nc1ccc(C[C@H](N)C(=O)O)cc1)C(=O)OI. The van der Waals surface area contributed by atoms with Gasteiger partial charge in [0.1, 0.15) is 6.04 Å². The van der Waals surface area contributed by atoms with Gasteiger partial charge < -0.3 is 13.9 Å². The van der Waals surface area contributed by atoms with Gasteiger partial charge in [-0.2, -0.15) is 5.01 Å². The minimum absolute atomic E-state index is 0.230. The average Bonchev–Trinajstić information content (AvgIpc) is 2.45. The van der Waals surface area contributed by atoms with Gasteiger partial charge >= 0.3 is 12.1 Å². The fourth-order valence-corrected chi connectivity index (χ4v) is 1.53. The van der Waals surface area contributed by atoms with Crippen LogP contribution in [0.1, 0.15) is 5.56 Å². The van der Waals surface area contributed by atoms with E-state index in [1.807, 2.05) is 0 Å². The maximum Gasteiger partial charge on any atom is 0.441 e. The second kappa shape index (κ2) is 7.75. The van der Waals surface area contributed by atoms with Crippen molar-refractivity contribution in [2.75, 3.05) is 7.05 Å². The Hall–Kier alpha value is -1.75. The number of halogens is 1. The third-order valence-electron chi connectivity index (χ3n) is 2.33. The highest BCUT2D eigenvalue weighted by molar-refractivity contribution is 14.1. The summed E-state index contributed by atoms with van der Waals surface area (Å²) in [7, 11) is 1.41. The molecule has 8 nitrogen and oxygen atoms in total. The van der Waals surface area contributed by atoms with Gasteiger partial charge in [-0.05, 0) is 24.1 Å². The Morgan fingerprint density at radius 2 is 2.05 bits per heavy atom. The van der Waals surface area contributed by atoms with Gasteiger partial charge in [0.25, 0.3) is 0 Å². The molecule has 108 valence electrons. The van der Waals surface area contributed by atoms with Gasteiger partial charge in [0, 0.05) is 7.05 Å². The van der Waals surface area contributed by atoms with Gasteiger partial charge in [-0.3, -0.25) is 4.79 Å². The van der Waals surface area contributed by atoms with Crippen LogP contribution in [0.4, 0.5) is 10.5 Å². The molecule has 20 heavy (non-hydrogen) atoms. The first-order valence-corrected chi connectivity index (χ1v) is 6.37. The van der Waals surface area contributed by atoms with Crippen LogP contribution in [-0.2, 0) is 14.3 Å². The summed E-state index contributed by atoms with van der Waals surface area (Å²) in [5.41, 5.74) is 6.73. The topological polar surface area (TPSA) is 118 Å². The van der Waals surface area contributed by atoms with Crippen LogP contribution in [0.2, 0.25) is 0 Å². The van der Waals surface area contributed by atoms with Crippen molar-refractivity contribution < 1.29 is 17.8 Å². The molecule has 0 aliphatic carbocycles. The Balaban J connectivity index is 2.65. The lowest BCUT2D eigenvalue weighted by Crippen LogP contribution is -2.32. The van der Waals surface area contributed by atoms with Crippen LogP contribution in [0.15, 0.2) is 34.6 Å². The zero-order chi connectivity index (χ0) is 15.1. The molecule has 1 atom stereocenters. The van der Waals surface area contributed by atoms with Crippen LogP contribution in [0.25, 0.3) is 0 Å². The smallest absolute Gasteiger partial charge is 0.441 e. The summed E-state index contributed by atoms with van der Waals surface area (Å²) >= 11 is 1.45. The summed E-state index contributed by atoms with van der Waals surface area (Å²) in [6.07, 6.45) is -0.410. The van der Waals surface area contributed by atoms with E-state index in [2.05, 4.69) is 13.4 Å². The molecule has 1 rings (SSSR count). The number of carboxylic acids is 1. The molecular formula is C11H13IN4O4. The number of benzene rings is 1. The molecule has 0 aliphatic heterocycles. The van der Waals surface area contributed by atoms with Crippen molar-refractivity contribution in [2.45, 2.75) is 12.5 Å². The maximum atomic E-state index is 11.0. The third kappa shape index (κ3) is 5.09. The van der Waals surface area contributed by atoms with E-state index < -0.39 is 18.1 Å². The summed E-state index contributed by atoms with van der Waals surface area (Å²) < 4.78 is 4.42. The molecule has 0 spiro atoms. The Bertz CT molecular complexity index is 506. The minimum atomic E-state index is -1.05. The monoisotopic (exact) mass is 392 g/mol. The standard InChI is InChI=1S/C11H13IN4O4/c1-16(11(19)20-12)15-14-8-4-2-7(3-5-8)6-9(13)10(17)18/h2-5,9H,6,13H2,1H3,(H,17,18)/t9-/m0/s1. The number of hydrogen-bond acceptors (Lipinski definition) is 6. The van der Waals surface area contributed by atoms with Crippen LogP contribution in [-0.4, -0.2) is 35.3 Å². The van der Waals surface area contributed by atoms with Gasteiger partial charge in [-0.15, -0.1) is 5.11 Å². The molecule has 0 aliphatic rings. The lowest BCUT2D eigenvalue weighted by Gasteiger charge is -2.07. The minimum Gasteiger partial charge on any atom is -0.480 e. The summed E-state index contributed by atoms with van der Waals surface area (Å²) in [4.78, 5) is 21.7. The first-order chi connectivity index (χ1) is 9.43. The second-order valence-corrected chi connectivity index (χ2v) is 4.31. The maximum absolute atomic E-state index is 11.0. The highest BCUT2D eigenvalue weighted by Crippen LogP contribution is 2.15. The number of nitrogens with zero attached hydrogens (tertiary/aromatic N) is 3. The van der Waals surface area contributed by atoms with Crippen molar-refractivity contribution in [1.82, 2.24) is 5.01 Å². The van der Waals surface area contributed by atoms with Crippen molar-refractivity contribution in [1.29, 1.82) is 0 Å². The van der Waals surface area contributed by atoms with E-state index in [-0.39, 0.29) is 6.42 Å². The van der Waals surface area contributed by atoms with Crippen LogP contribution >= 0.6 is 23.0 Å². The first kappa shape index (κ1) is 16.3. The fourth-order valence-electron chi connectivity index (χ4n) is 1.25. The fraction of sp³-hybridized carbons (Fsp3) is 0.273. The summed E-state index contributed by atoms with van der Waals surface area (Å²) in [6.45, 7) is 0. The molecule has 1 amide bonds. The Kier molecular flexibility index (Phi) is 6.31. The Labute approximate surface area is 129 Å². The molecule has 1 aromatic carbocycles. The Morgan fingerprint density at radius 3 is 2.55 bits per heavy atom. The molecule has 0 saturated carbocycles. The van der Waals surface area contributed by atoms with E-state index in [0.29, 0.717) is 5.69 Å². The second-order valence-electron chi connectivity index (χ2n) is 3.87. The molecule has 0 unspecified atom stereocenters. The first-order valence-electron chi connectivity index (χ1n) is 5.49. The molecule has 0 saturated heterocycles. The number of rotatable bonds is 5. The van der Waals surface area contributed by atoms with Crippen LogP contribution in [0.3, 0.4) is 0 Å². The summed E-state index contributed by atoms with van der Waals surface area (Å²) in [6, 6.07) is 5.77. The molecule has 3 N–H and O–H groups in total. The van der Waals surface area contributed by atoms with Gasteiger partial charge in [0.15, 0.2) is 23.0 Å².